The Morgan fingerprint density at radius 2 is 2.06 bits per heavy atom. The Bertz CT molecular complexity index is 939. The fourth-order valence-corrected chi connectivity index (χ4v) is 4.72. The first-order valence-corrected chi connectivity index (χ1v) is 10.6. The Labute approximate surface area is 181 Å². The van der Waals surface area contributed by atoms with Crippen molar-refractivity contribution in [1.29, 1.82) is 0 Å². The molecule has 2 aromatic rings. The molecule has 2 fully saturated rings. The number of rotatable bonds is 3. The summed E-state index contributed by atoms with van der Waals surface area (Å²) in [5, 5.41) is 0. The number of carbonyl (C=O) groups is 2. The summed E-state index contributed by atoms with van der Waals surface area (Å²) in [6.07, 6.45) is 3.95. The minimum atomic E-state index is -0.792. The summed E-state index contributed by atoms with van der Waals surface area (Å²) in [6, 6.07) is 6.30. The molecule has 2 atom stereocenters. The van der Waals surface area contributed by atoms with Crippen LogP contribution in [0.3, 0.4) is 0 Å². The monoisotopic (exact) mass is 429 g/mol. The van der Waals surface area contributed by atoms with Gasteiger partial charge in [-0.05, 0) is 51.3 Å². The average molecular weight is 429 g/mol. The highest BCUT2D eigenvalue weighted by Gasteiger charge is 2.56. The maximum atomic E-state index is 13.7. The number of carbonyl (C=O) groups excluding carboxylic acids is 2. The van der Waals surface area contributed by atoms with Gasteiger partial charge in [-0.25, -0.2) is 14.2 Å². The zero-order valence-corrected chi connectivity index (χ0v) is 18.1. The van der Waals surface area contributed by atoms with Crippen molar-refractivity contribution in [1.82, 2.24) is 14.8 Å². The summed E-state index contributed by atoms with van der Waals surface area (Å²) in [5.74, 6) is -0.0741. The van der Waals surface area contributed by atoms with Gasteiger partial charge in [0.15, 0.2) is 0 Å². The molecule has 2 saturated heterocycles. The van der Waals surface area contributed by atoms with Crippen LogP contribution in [0.5, 0.6) is 0 Å². The van der Waals surface area contributed by atoms with Gasteiger partial charge in [0, 0.05) is 25.6 Å². The summed E-state index contributed by atoms with van der Waals surface area (Å²) in [4.78, 5) is 34.0. The largest absolute Gasteiger partial charge is 0.447 e. The number of halogens is 1. The molecule has 1 aromatic heterocycles. The summed E-state index contributed by atoms with van der Waals surface area (Å²) in [5.41, 5.74) is -0.524. The number of ether oxygens (including phenoxy) is 1. The number of nitrogens with zero attached hydrogens (tertiary/aromatic N) is 3. The predicted octanol–water partition coefficient (Wildman–Crippen LogP) is 3.96. The Morgan fingerprint density at radius 3 is 2.71 bits per heavy atom. The van der Waals surface area contributed by atoms with Crippen molar-refractivity contribution in [2.24, 2.45) is 5.41 Å². The number of hydrogen-bond donors (Lipinski definition) is 0. The molecule has 8 heteroatoms. The van der Waals surface area contributed by atoms with Gasteiger partial charge in [-0.15, -0.1) is 0 Å². The van der Waals surface area contributed by atoms with Gasteiger partial charge in [-0.2, -0.15) is 0 Å². The van der Waals surface area contributed by atoms with Crippen molar-refractivity contribution in [2.45, 2.75) is 51.7 Å². The van der Waals surface area contributed by atoms with Crippen LogP contribution in [-0.4, -0.2) is 52.0 Å². The highest BCUT2D eigenvalue weighted by atomic mass is 19.1. The van der Waals surface area contributed by atoms with E-state index < -0.39 is 17.1 Å². The van der Waals surface area contributed by atoms with Crippen molar-refractivity contribution < 1.29 is 23.1 Å². The molecule has 0 aliphatic carbocycles. The lowest BCUT2D eigenvalue weighted by atomic mass is 9.69. The molecule has 7 nitrogen and oxygen atoms in total. The first-order valence-electron chi connectivity index (χ1n) is 10.6. The second-order valence-corrected chi connectivity index (χ2v) is 9.38. The van der Waals surface area contributed by atoms with Gasteiger partial charge in [0.25, 0.3) is 0 Å². The van der Waals surface area contributed by atoms with E-state index in [1.807, 2.05) is 20.8 Å². The van der Waals surface area contributed by atoms with Crippen LogP contribution in [0.25, 0.3) is 0 Å². The SMILES string of the molecule is CC(C)(C)OC(=O)N1CCCC2(C1)C(=O)N(Cc1ncco1)CC2c1ccc(F)cc1. The van der Waals surface area contributed by atoms with Crippen LogP contribution < -0.4 is 0 Å². The van der Waals surface area contributed by atoms with Crippen LogP contribution >= 0.6 is 0 Å². The Balaban J connectivity index is 1.65. The number of amides is 2. The minimum Gasteiger partial charge on any atom is -0.447 e. The Morgan fingerprint density at radius 1 is 1.32 bits per heavy atom. The fraction of sp³-hybridized carbons (Fsp3) is 0.522. The summed E-state index contributed by atoms with van der Waals surface area (Å²) >= 11 is 0. The summed E-state index contributed by atoms with van der Waals surface area (Å²) in [7, 11) is 0. The Kier molecular flexibility index (Phi) is 5.49. The zero-order chi connectivity index (χ0) is 22.2. The molecule has 0 radical (unpaired) electrons. The van der Waals surface area contributed by atoms with Crippen LogP contribution in [0.15, 0.2) is 41.1 Å². The quantitative estimate of drug-likeness (QED) is 0.738. The van der Waals surface area contributed by atoms with Gasteiger partial charge >= 0.3 is 6.09 Å². The molecule has 1 aromatic carbocycles. The third kappa shape index (κ3) is 4.29. The normalized spacial score (nSPS) is 24.1. The van der Waals surface area contributed by atoms with Crippen LogP contribution in [-0.2, 0) is 16.1 Å². The first kappa shape index (κ1) is 21.3. The number of benzene rings is 1. The lowest BCUT2D eigenvalue weighted by Crippen LogP contribution is -2.52. The standard InChI is InChI=1S/C23H28FN3O4/c1-22(2,3)31-21(29)26-11-4-9-23(15-26)18(16-5-7-17(24)8-6-16)13-27(20(23)28)14-19-25-10-12-30-19/h5-8,10,12,18H,4,9,11,13-15H2,1-3H3. The maximum absolute atomic E-state index is 13.7. The molecule has 2 aliphatic heterocycles. The van der Waals surface area contributed by atoms with Crippen molar-refractivity contribution in [2.75, 3.05) is 19.6 Å². The smallest absolute Gasteiger partial charge is 0.410 e. The van der Waals surface area contributed by atoms with Gasteiger partial charge in [0.1, 0.15) is 17.7 Å². The zero-order valence-electron chi connectivity index (χ0n) is 18.1. The molecule has 166 valence electrons. The molecule has 31 heavy (non-hydrogen) atoms. The predicted molar refractivity (Wildman–Crippen MR) is 111 cm³/mol. The van der Waals surface area contributed by atoms with E-state index in [9.17, 15) is 14.0 Å². The van der Waals surface area contributed by atoms with E-state index in [1.54, 1.807) is 28.1 Å². The van der Waals surface area contributed by atoms with Crippen molar-refractivity contribution in [3.05, 3.63) is 54.0 Å². The van der Waals surface area contributed by atoms with E-state index in [-0.39, 0.29) is 30.7 Å². The number of aromatic nitrogens is 1. The van der Waals surface area contributed by atoms with Crippen LogP contribution in [0.4, 0.5) is 9.18 Å². The van der Waals surface area contributed by atoms with Crippen LogP contribution in [0.1, 0.15) is 51.0 Å². The number of piperidine rings is 1. The topological polar surface area (TPSA) is 75.9 Å². The van der Waals surface area contributed by atoms with Crippen LogP contribution in [0, 0.1) is 11.2 Å². The summed E-state index contributed by atoms with van der Waals surface area (Å²) in [6.45, 7) is 7.00. The van der Waals surface area contributed by atoms with Gasteiger partial charge < -0.3 is 19.0 Å². The van der Waals surface area contributed by atoms with Crippen molar-refractivity contribution in [3.8, 4) is 0 Å². The molecule has 2 unspecified atom stereocenters. The lowest BCUT2D eigenvalue weighted by Gasteiger charge is -2.42. The van der Waals surface area contributed by atoms with E-state index in [1.165, 1.54) is 18.4 Å². The van der Waals surface area contributed by atoms with E-state index in [0.29, 0.717) is 31.8 Å². The van der Waals surface area contributed by atoms with Gasteiger partial charge in [0.2, 0.25) is 11.8 Å². The number of oxazole rings is 1. The third-order valence-corrected chi connectivity index (χ3v) is 6.04. The molecule has 0 saturated carbocycles. The molecular weight excluding hydrogens is 401 g/mol. The molecule has 1 spiro atoms. The fourth-order valence-electron chi connectivity index (χ4n) is 4.72. The summed E-state index contributed by atoms with van der Waals surface area (Å²) < 4.78 is 24.5. The van der Waals surface area contributed by atoms with E-state index in [0.717, 1.165) is 5.56 Å². The average Bonchev–Trinajstić information content (AvgIpc) is 3.31. The molecular formula is C23H28FN3O4. The highest BCUT2D eigenvalue weighted by Crippen LogP contribution is 2.50. The Hall–Kier alpha value is -2.90. The van der Waals surface area contributed by atoms with E-state index in [4.69, 9.17) is 9.15 Å². The highest BCUT2D eigenvalue weighted by molar-refractivity contribution is 5.87. The molecule has 2 amide bonds. The van der Waals surface area contributed by atoms with Gasteiger partial charge in [-0.1, -0.05) is 12.1 Å². The number of hydrogen-bond acceptors (Lipinski definition) is 5. The lowest BCUT2D eigenvalue weighted by molar-refractivity contribution is -0.139. The van der Waals surface area contributed by atoms with E-state index >= 15 is 0 Å². The van der Waals surface area contributed by atoms with Gasteiger partial charge in [-0.3, -0.25) is 4.79 Å². The van der Waals surface area contributed by atoms with Crippen LogP contribution in [0.2, 0.25) is 0 Å². The van der Waals surface area contributed by atoms with E-state index in [2.05, 4.69) is 4.98 Å². The first-order chi connectivity index (χ1) is 14.7. The second kappa shape index (κ2) is 7.98. The minimum absolute atomic E-state index is 0.0340. The third-order valence-electron chi connectivity index (χ3n) is 6.04. The maximum Gasteiger partial charge on any atom is 0.410 e. The molecule has 2 aliphatic rings. The number of likely N-dealkylation sites (tertiary alicyclic amines) is 2. The van der Waals surface area contributed by atoms with Crippen molar-refractivity contribution >= 4 is 12.0 Å². The molecule has 3 heterocycles. The second-order valence-electron chi connectivity index (χ2n) is 9.38. The molecule has 0 N–H and O–H groups in total. The van der Waals surface area contributed by atoms with Crippen molar-refractivity contribution in [3.63, 3.8) is 0 Å². The molecule has 0 bridgehead atoms. The van der Waals surface area contributed by atoms with Gasteiger partial charge in [0.05, 0.1) is 18.2 Å². The molecule has 4 rings (SSSR count).